The molecule has 6 nitrogen and oxygen atoms in total. The number of aromatic nitrogens is 2. The highest BCUT2D eigenvalue weighted by Crippen LogP contribution is 2.17. The van der Waals surface area contributed by atoms with E-state index in [9.17, 15) is 9.59 Å². The van der Waals surface area contributed by atoms with Crippen LogP contribution in [0.2, 0.25) is 0 Å². The summed E-state index contributed by atoms with van der Waals surface area (Å²) in [4.78, 5) is 22.6. The molecular weight excluding hydrogens is 246 g/mol. The van der Waals surface area contributed by atoms with Crippen molar-refractivity contribution in [1.82, 2.24) is 15.1 Å². The Morgan fingerprint density at radius 3 is 2.47 bits per heavy atom. The second-order valence-electron chi connectivity index (χ2n) is 4.62. The van der Waals surface area contributed by atoms with Gasteiger partial charge in [-0.25, -0.2) is 0 Å². The molecule has 0 unspecified atom stereocenters. The number of amides is 1. The van der Waals surface area contributed by atoms with Crippen LogP contribution < -0.4 is 5.32 Å². The average molecular weight is 267 g/mol. The summed E-state index contributed by atoms with van der Waals surface area (Å²) < 4.78 is 1.83. The van der Waals surface area contributed by atoms with Crippen LogP contribution in [0.5, 0.6) is 0 Å². The standard InChI is InChI=1S/C13H21N3O3/c1-5-10(6-2)16-8(3)7-11(15-16)12(17)14-9(4)13(18)19/h7,9-10H,5-6H2,1-4H3,(H,14,17)(H,18,19)/t9-/m1/s1. The molecule has 1 heterocycles. The number of hydrogen-bond donors (Lipinski definition) is 2. The van der Waals surface area contributed by atoms with Crippen molar-refractivity contribution in [3.63, 3.8) is 0 Å². The molecule has 1 aromatic heterocycles. The molecule has 0 aromatic carbocycles. The minimum atomic E-state index is -1.07. The number of rotatable bonds is 6. The van der Waals surface area contributed by atoms with E-state index in [1.165, 1.54) is 6.92 Å². The quantitative estimate of drug-likeness (QED) is 0.822. The van der Waals surface area contributed by atoms with Crippen LogP contribution in [-0.2, 0) is 4.79 Å². The molecule has 0 spiro atoms. The Kier molecular flexibility index (Phi) is 5.09. The molecule has 19 heavy (non-hydrogen) atoms. The Bertz CT molecular complexity index is 464. The molecule has 0 saturated heterocycles. The zero-order chi connectivity index (χ0) is 14.6. The van der Waals surface area contributed by atoms with Gasteiger partial charge in [-0.15, -0.1) is 0 Å². The number of aryl methyl sites for hydroxylation is 1. The number of nitrogens with one attached hydrogen (secondary N) is 1. The monoisotopic (exact) mass is 267 g/mol. The van der Waals surface area contributed by atoms with Crippen molar-refractivity contribution >= 4 is 11.9 Å². The van der Waals surface area contributed by atoms with Crippen molar-refractivity contribution in [2.45, 2.75) is 52.6 Å². The molecule has 1 atom stereocenters. The second kappa shape index (κ2) is 6.36. The molecule has 2 N–H and O–H groups in total. The first-order valence-electron chi connectivity index (χ1n) is 6.50. The zero-order valence-electron chi connectivity index (χ0n) is 11.8. The van der Waals surface area contributed by atoms with Gasteiger partial charge < -0.3 is 10.4 Å². The number of carbonyl (C=O) groups is 2. The van der Waals surface area contributed by atoms with Gasteiger partial charge in [0.15, 0.2) is 0 Å². The first kappa shape index (κ1) is 15.2. The van der Waals surface area contributed by atoms with E-state index in [1.807, 2.05) is 11.6 Å². The van der Waals surface area contributed by atoms with Crippen LogP contribution in [0.25, 0.3) is 0 Å². The number of hydrogen-bond acceptors (Lipinski definition) is 3. The minimum absolute atomic E-state index is 0.262. The summed E-state index contributed by atoms with van der Waals surface area (Å²) in [5.74, 6) is -1.52. The summed E-state index contributed by atoms with van der Waals surface area (Å²) in [5.41, 5.74) is 1.17. The van der Waals surface area contributed by atoms with Gasteiger partial charge in [0, 0.05) is 5.69 Å². The molecule has 0 aliphatic carbocycles. The third kappa shape index (κ3) is 3.56. The average Bonchev–Trinajstić information content (AvgIpc) is 2.73. The lowest BCUT2D eigenvalue weighted by Gasteiger charge is -2.14. The van der Waals surface area contributed by atoms with Gasteiger partial charge in [-0.2, -0.15) is 5.10 Å². The van der Waals surface area contributed by atoms with Crippen LogP contribution in [0.1, 0.15) is 55.8 Å². The van der Waals surface area contributed by atoms with Crippen LogP contribution in [0.15, 0.2) is 6.07 Å². The number of carboxylic acid groups (broad SMARTS) is 1. The molecule has 1 aromatic rings. The number of carbonyl (C=O) groups excluding carboxylic acids is 1. The molecule has 0 aliphatic heterocycles. The number of aliphatic carboxylic acids is 1. The number of nitrogens with zero attached hydrogens (tertiary/aromatic N) is 2. The Morgan fingerprint density at radius 2 is 2.00 bits per heavy atom. The zero-order valence-corrected chi connectivity index (χ0v) is 11.8. The fraction of sp³-hybridized carbons (Fsp3) is 0.615. The fourth-order valence-corrected chi connectivity index (χ4v) is 1.94. The van der Waals surface area contributed by atoms with Gasteiger partial charge in [0.25, 0.3) is 5.91 Å². The minimum Gasteiger partial charge on any atom is -0.480 e. The van der Waals surface area contributed by atoms with Gasteiger partial charge in [-0.05, 0) is 32.8 Å². The summed E-state index contributed by atoms with van der Waals surface area (Å²) in [6.45, 7) is 7.46. The summed E-state index contributed by atoms with van der Waals surface area (Å²) in [6.07, 6.45) is 1.87. The molecule has 0 aliphatic rings. The van der Waals surface area contributed by atoms with Crippen LogP contribution in [0, 0.1) is 6.92 Å². The molecule has 0 fully saturated rings. The van der Waals surface area contributed by atoms with Crippen molar-refractivity contribution in [2.75, 3.05) is 0 Å². The van der Waals surface area contributed by atoms with Gasteiger partial charge in [0.05, 0.1) is 6.04 Å². The third-order valence-corrected chi connectivity index (χ3v) is 3.16. The Labute approximate surface area is 112 Å². The lowest BCUT2D eigenvalue weighted by Crippen LogP contribution is -2.38. The molecular formula is C13H21N3O3. The normalized spacial score (nSPS) is 12.5. The van der Waals surface area contributed by atoms with E-state index < -0.39 is 17.9 Å². The molecule has 106 valence electrons. The van der Waals surface area contributed by atoms with Gasteiger partial charge in [-0.3, -0.25) is 14.3 Å². The van der Waals surface area contributed by atoms with E-state index in [0.717, 1.165) is 18.5 Å². The Morgan fingerprint density at radius 1 is 1.42 bits per heavy atom. The van der Waals surface area contributed by atoms with Crippen molar-refractivity contribution < 1.29 is 14.7 Å². The van der Waals surface area contributed by atoms with Crippen molar-refractivity contribution in [2.24, 2.45) is 0 Å². The van der Waals surface area contributed by atoms with Gasteiger partial charge >= 0.3 is 5.97 Å². The van der Waals surface area contributed by atoms with Crippen LogP contribution >= 0.6 is 0 Å². The SMILES string of the molecule is CCC(CC)n1nc(C(=O)N[C@H](C)C(=O)O)cc1C. The fourth-order valence-electron chi connectivity index (χ4n) is 1.94. The second-order valence-corrected chi connectivity index (χ2v) is 4.62. The highest BCUT2D eigenvalue weighted by molar-refractivity contribution is 5.94. The third-order valence-electron chi connectivity index (χ3n) is 3.16. The van der Waals surface area contributed by atoms with Crippen molar-refractivity contribution in [1.29, 1.82) is 0 Å². The van der Waals surface area contributed by atoms with Gasteiger partial charge in [0.1, 0.15) is 11.7 Å². The Hall–Kier alpha value is -1.85. The summed E-state index contributed by atoms with van der Waals surface area (Å²) in [6, 6.07) is 1.02. The molecule has 1 rings (SSSR count). The molecule has 0 saturated carbocycles. The largest absolute Gasteiger partial charge is 0.480 e. The lowest BCUT2D eigenvalue weighted by atomic mass is 10.2. The first-order valence-corrected chi connectivity index (χ1v) is 6.50. The number of carboxylic acids is 1. The van der Waals surface area contributed by atoms with Gasteiger partial charge in [-0.1, -0.05) is 13.8 Å². The van der Waals surface area contributed by atoms with E-state index in [4.69, 9.17) is 5.11 Å². The van der Waals surface area contributed by atoms with Crippen LogP contribution in [-0.4, -0.2) is 32.8 Å². The highest BCUT2D eigenvalue weighted by atomic mass is 16.4. The van der Waals surface area contributed by atoms with E-state index in [1.54, 1.807) is 6.07 Å². The maximum atomic E-state index is 11.9. The molecule has 0 bridgehead atoms. The van der Waals surface area contributed by atoms with E-state index in [-0.39, 0.29) is 11.7 Å². The highest BCUT2D eigenvalue weighted by Gasteiger charge is 2.19. The van der Waals surface area contributed by atoms with Crippen LogP contribution in [0.3, 0.4) is 0 Å². The molecule has 6 heteroatoms. The summed E-state index contributed by atoms with van der Waals surface area (Å²) in [5, 5.41) is 15.4. The molecule has 0 radical (unpaired) electrons. The predicted octanol–water partition coefficient (Wildman–Crippen LogP) is 1.76. The topological polar surface area (TPSA) is 84.2 Å². The van der Waals surface area contributed by atoms with Gasteiger partial charge in [0.2, 0.25) is 0 Å². The van der Waals surface area contributed by atoms with Crippen LogP contribution in [0.4, 0.5) is 0 Å². The lowest BCUT2D eigenvalue weighted by molar-refractivity contribution is -0.138. The van der Waals surface area contributed by atoms with E-state index >= 15 is 0 Å². The van der Waals surface area contributed by atoms with Crippen molar-refractivity contribution in [3.05, 3.63) is 17.5 Å². The van der Waals surface area contributed by atoms with Crippen molar-refractivity contribution in [3.8, 4) is 0 Å². The molecule has 1 amide bonds. The maximum absolute atomic E-state index is 11.9. The Balaban J connectivity index is 2.88. The smallest absolute Gasteiger partial charge is 0.325 e. The summed E-state index contributed by atoms with van der Waals surface area (Å²) in [7, 11) is 0. The first-order chi connectivity index (χ1) is 8.90. The summed E-state index contributed by atoms with van der Waals surface area (Å²) >= 11 is 0. The predicted molar refractivity (Wildman–Crippen MR) is 71.1 cm³/mol. The van der Waals surface area contributed by atoms with E-state index in [0.29, 0.717) is 0 Å². The van der Waals surface area contributed by atoms with E-state index in [2.05, 4.69) is 24.3 Å². The maximum Gasteiger partial charge on any atom is 0.325 e.